The maximum atomic E-state index is 13.8. The molecule has 0 aliphatic carbocycles. The van der Waals surface area contributed by atoms with Gasteiger partial charge < -0.3 is 49.7 Å². The lowest BCUT2D eigenvalue weighted by Crippen LogP contribution is -2.58. The molecule has 3 aromatic rings. The molecular formula is C26H32F3N7O9S. The van der Waals surface area contributed by atoms with E-state index < -0.39 is 90.2 Å². The Morgan fingerprint density at radius 2 is 1.28 bits per heavy atom. The molecule has 252 valence electrons. The molecule has 3 saturated heterocycles. The quantitative estimate of drug-likeness (QED) is 0.145. The molecule has 1 aromatic carbocycles. The number of halogens is 3. The number of aromatic nitrogens is 6. The van der Waals surface area contributed by atoms with Crippen LogP contribution in [0.3, 0.4) is 0 Å². The molecule has 0 bridgehead atoms. The summed E-state index contributed by atoms with van der Waals surface area (Å²) in [6, 6.07) is -1.05. The number of thioether (sulfide) groups is 1. The maximum Gasteiger partial charge on any atom is 0.194 e. The summed E-state index contributed by atoms with van der Waals surface area (Å²) < 4.78 is 60.3. The van der Waals surface area contributed by atoms with Crippen molar-refractivity contribution in [3.8, 4) is 11.3 Å². The average molecular weight is 676 g/mol. The number of hydrogen-bond donors (Lipinski definition) is 6. The number of aliphatic hydroxyl groups is 6. The SMILES string of the molecule is OCC1O[C@@H](SC2O[C@H](CO)C(O)C(n3cc(N4CCOCC4)nn3)[C@H]2O)[C@@H](O)C(n2cc(-c3cc(F)c(F)c(F)c3)nn2)[C@H]1O. The Bertz CT molecular complexity index is 1480. The second kappa shape index (κ2) is 13.7. The monoisotopic (exact) mass is 675 g/mol. The number of ether oxygens (including phenoxy) is 3. The Balaban J connectivity index is 1.24. The summed E-state index contributed by atoms with van der Waals surface area (Å²) in [5.41, 5.74) is -2.81. The fraction of sp³-hybridized carbons (Fsp3) is 0.615. The molecule has 20 heteroatoms. The molecule has 0 amide bonds. The van der Waals surface area contributed by atoms with Crippen LogP contribution >= 0.6 is 11.8 Å². The summed E-state index contributed by atoms with van der Waals surface area (Å²) >= 11 is 0.761. The minimum atomic E-state index is -1.66. The van der Waals surface area contributed by atoms with Crippen molar-refractivity contribution in [1.82, 2.24) is 30.0 Å². The number of hydrogen-bond acceptors (Lipinski definition) is 15. The van der Waals surface area contributed by atoms with Crippen LogP contribution in [-0.2, 0) is 14.2 Å². The molecule has 3 aliphatic rings. The van der Waals surface area contributed by atoms with Gasteiger partial charge in [-0.1, -0.05) is 22.2 Å². The summed E-state index contributed by atoms with van der Waals surface area (Å²) in [5, 5.41) is 80.6. The van der Waals surface area contributed by atoms with Crippen molar-refractivity contribution >= 4 is 17.6 Å². The van der Waals surface area contributed by atoms with Gasteiger partial charge in [0.2, 0.25) is 0 Å². The van der Waals surface area contributed by atoms with E-state index in [1.54, 1.807) is 6.20 Å². The van der Waals surface area contributed by atoms with Gasteiger partial charge in [-0.3, -0.25) is 0 Å². The Hall–Kier alpha value is -2.92. The van der Waals surface area contributed by atoms with Gasteiger partial charge in [0, 0.05) is 18.7 Å². The second-order valence-electron chi connectivity index (χ2n) is 11.0. The molecule has 5 unspecified atom stereocenters. The van der Waals surface area contributed by atoms with Crippen LogP contribution in [0.5, 0.6) is 0 Å². The van der Waals surface area contributed by atoms with Gasteiger partial charge in [0.15, 0.2) is 23.3 Å². The first-order chi connectivity index (χ1) is 22.1. The standard InChI is InChI=1S/C26H32F3N7O9S/c27-12-5-11(6-13(28)18(12)29)14-7-35(32-30-14)19-21(39)15(9-37)44-25(23(19)41)46-26-24(42)20(22(40)16(10-38)45-26)36-8-17(31-33-36)34-1-3-43-4-2-34/h5-8,15-16,19-26,37-42H,1-4,9-10H2/t15?,16-,19?,20?,21+,22?,23+,24-,25+,26?/m1/s1. The van der Waals surface area contributed by atoms with E-state index in [-0.39, 0.29) is 11.3 Å². The van der Waals surface area contributed by atoms with Crippen molar-refractivity contribution in [3.05, 3.63) is 42.0 Å². The van der Waals surface area contributed by atoms with Crippen molar-refractivity contribution in [2.45, 2.75) is 59.6 Å². The zero-order valence-electron chi connectivity index (χ0n) is 23.9. The number of nitrogens with zero attached hydrogens (tertiary/aromatic N) is 7. The van der Waals surface area contributed by atoms with Crippen LogP contribution in [-0.4, -0.2) is 148 Å². The highest BCUT2D eigenvalue weighted by molar-refractivity contribution is 8.00. The van der Waals surface area contributed by atoms with Crippen LogP contribution in [0.1, 0.15) is 12.1 Å². The zero-order valence-corrected chi connectivity index (χ0v) is 24.7. The Morgan fingerprint density at radius 3 is 1.83 bits per heavy atom. The summed E-state index contributed by atoms with van der Waals surface area (Å²) in [7, 11) is 0. The topological polar surface area (TPSA) is 214 Å². The molecule has 10 atom stereocenters. The van der Waals surface area contributed by atoms with Gasteiger partial charge in [-0.2, -0.15) is 0 Å². The molecule has 0 spiro atoms. The van der Waals surface area contributed by atoms with Crippen LogP contribution in [0.4, 0.5) is 19.0 Å². The molecule has 6 rings (SSSR count). The van der Waals surface area contributed by atoms with Crippen LogP contribution < -0.4 is 4.90 Å². The lowest BCUT2D eigenvalue weighted by Gasteiger charge is -2.46. The van der Waals surface area contributed by atoms with Gasteiger partial charge in [-0.25, -0.2) is 22.5 Å². The molecule has 16 nitrogen and oxygen atoms in total. The predicted octanol–water partition coefficient (Wildman–Crippen LogP) is -1.82. The van der Waals surface area contributed by atoms with E-state index in [2.05, 4.69) is 20.6 Å². The Morgan fingerprint density at radius 1 is 0.761 bits per heavy atom. The highest BCUT2D eigenvalue weighted by atomic mass is 32.2. The van der Waals surface area contributed by atoms with Crippen molar-refractivity contribution in [3.63, 3.8) is 0 Å². The fourth-order valence-corrected chi connectivity index (χ4v) is 7.05. The van der Waals surface area contributed by atoms with Crippen LogP contribution in [0.25, 0.3) is 11.3 Å². The average Bonchev–Trinajstić information content (AvgIpc) is 3.74. The van der Waals surface area contributed by atoms with E-state index in [1.165, 1.54) is 10.9 Å². The number of aliphatic hydroxyl groups excluding tert-OH is 6. The normalized spacial score (nSPS) is 33.8. The van der Waals surface area contributed by atoms with Gasteiger partial charge in [-0.05, 0) is 12.1 Å². The van der Waals surface area contributed by atoms with E-state index in [0.717, 1.165) is 16.4 Å². The number of benzene rings is 1. The van der Waals surface area contributed by atoms with Crippen molar-refractivity contribution < 1.29 is 58.0 Å². The summed E-state index contributed by atoms with van der Waals surface area (Å²) in [6.07, 6.45) is -5.81. The van der Waals surface area contributed by atoms with Crippen LogP contribution in [0.15, 0.2) is 24.5 Å². The zero-order chi connectivity index (χ0) is 32.7. The molecule has 0 radical (unpaired) electrons. The number of rotatable bonds is 8. The number of anilines is 1. The first-order valence-electron chi connectivity index (χ1n) is 14.3. The minimum absolute atomic E-state index is 0.105. The lowest BCUT2D eigenvalue weighted by molar-refractivity contribution is -0.189. The molecular weight excluding hydrogens is 643 g/mol. The lowest BCUT2D eigenvalue weighted by atomic mass is 9.97. The molecule has 3 fully saturated rings. The third-order valence-electron chi connectivity index (χ3n) is 8.20. The third kappa shape index (κ3) is 6.21. The van der Waals surface area contributed by atoms with Gasteiger partial charge >= 0.3 is 0 Å². The smallest absolute Gasteiger partial charge is 0.194 e. The first kappa shape index (κ1) is 33.0. The fourth-order valence-electron chi connectivity index (χ4n) is 5.73. The van der Waals surface area contributed by atoms with Gasteiger partial charge in [0.05, 0.1) is 38.8 Å². The predicted molar refractivity (Wildman–Crippen MR) is 150 cm³/mol. The molecule has 0 saturated carbocycles. The van der Waals surface area contributed by atoms with E-state index >= 15 is 0 Å². The molecule has 2 aromatic heterocycles. The van der Waals surface area contributed by atoms with Crippen LogP contribution in [0.2, 0.25) is 0 Å². The molecule has 3 aliphatic heterocycles. The van der Waals surface area contributed by atoms with E-state index in [0.29, 0.717) is 44.3 Å². The third-order valence-corrected chi connectivity index (χ3v) is 9.52. The largest absolute Gasteiger partial charge is 0.394 e. The highest BCUT2D eigenvalue weighted by Crippen LogP contribution is 2.42. The van der Waals surface area contributed by atoms with Crippen molar-refractivity contribution in [1.29, 1.82) is 0 Å². The maximum absolute atomic E-state index is 13.8. The van der Waals surface area contributed by atoms with Gasteiger partial charge in [0.25, 0.3) is 0 Å². The molecule has 5 heterocycles. The Labute approximate surface area is 262 Å². The van der Waals surface area contributed by atoms with E-state index in [4.69, 9.17) is 14.2 Å². The van der Waals surface area contributed by atoms with E-state index in [1.807, 2.05) is 4.90 Å². The minimum Gasteiger partial charge on any atom is -0.394 e. The van der Waals surface area contributed by atoms with Crippen molar-refractivity contribution in [2.75, 3.05) is 44.4 Å². The van der Waals surface area contributed by atoms with Crippen molar-refractivity contribution in [2.24, 2.45) is 0 Å². The first-order valence-corrected chi connectivity index (χ1v) is 15.3. The summed E-state index contributed by atoms with van der Waals surface area (Å²) in [6.45, 7) is 0.789. The molecule has 46 heavy (non-hydrogen) atoms. The number of morpholine rings is 1. The van der Waals surface area contributed by atoms with Gasteiger partial charge in [-0.15, -0.1) is 10.2 Å². The summed E-state index contributed by atoms with van der Waals surface area (Å²) in [5.74, 6) is -4.08. The summed E-state index contributed by atoms with van der Waals surface area (Å²) in [4.78, 5) is 1.92. The van der Waals surface area contributed by atoms with E-state index in [9.17, 15) is 43.8 Å². The second-order valence-corrected chi connectivity index (χ2v) is 12.2. The van der Waals surface area contributed by atoms with Crippen LogP contribution in [0, 0.1) is 17.5 Å². The Kier molecular flexibility index (Phi) is 9.80. The molecule has 6 N–H and O–H groups in total. The van der Waals surface area contributed by atoms with Gasteiger partial charge in [0.1, 0.15) is 65.3 Å². The highest BCUT2D eigenvalue weighted by Gasteiger charge is 2.51.